The van der Waals surface area contributed by atoms with Crippen molar-refractivity contribution in [2.75, 3.05) is 24.8 Å². The molecule has 0 aliphatic heterocycles. The summed E-state index contributed by atoms with van der Waals surface area (Å²) >= 11 is 1.32. The molecule has 0 radical (unpaired) electrons. The number of hydrogen-bond donors (Lipinski definition) is 1. The quantitative estimate of drug-likeness (QED) is 0.286. The zero-order chi connectivity index (χ0) is 24.6. The van der Waals surface area contributed by atoms with Gasteiger partial charge in [0.25, 0.3) is 0 Å². The van der Waals surface area contributed by atoms with Gasteiger partial charge in [0.05, 0.1) is 30.7 Å². The monoisotopic (exact) mass is 488 g/mol. The highest BCUT2D eigenvalue weighted by Crippen LogP contribution is 2.33. The van der Waals surface area contributed by atoms with Gasteiger partial charge < -0.3 is 14.8 Å². The van der Waals surface area contributed by atoms with Gasteiger partial charge in [0.1, 0.15) is 11.5 Å². The van der Waals surface area contributed by atoms with Gasteiger partial charge in [-0.15, -0.1) is 10.2 Å². The van der Waals surface area contributed by atoms with Crippen LogP contribution in [-0.4, -0.2) is 40.1 Å². The van der Waals surface area contributed by atoms with Crippen molar-refractivity contribution >= 4 is 23.4 Å². The number of amides is 1. The summed E-state index contributed by atoms with van der Waals surface area (Å²) in [6, 6.07) is 23.2. The van der Waals surface area contributed by atoms with E-state index in [0.717, 1.165) is 23.2 Å². The van der Waals surface area contributed by atoms with E-state index >= 15 is 0 Å². The summed E-state index contributed by atoms with van der Waals surface area (Å²) in [5, 5.41) is 12.4. The number of para-hydroxylation sites is 3. The number of rotatable bonds is 10. The SMILES string of the molecule is CCCOc1ccccc1NC(=O)CSc1nnc(-c2ccccc2OC)n1-c1ccc(C)cc1. The van der Waals surface area contributed by atoms with Crippen molar-refractivity contribution in [2.45, 2.75) is 25.4 Å². The van der Waals surface area contributed by atoms with Crippen molar-refractivity contribution in [1.29, 1.82) is 0 Å². The van der Waals surface area contributed by atoms with E-state index in [9.17, 15) is 4.79 Å². The topological polar surface area (TPSA) is 78.3 Å². The smallest absolute Gasteiger partial charge is 0.234 e. The minimum atomic E-state index is -0.153. The third kappa shape index (κ3) is 5.84. The first-order valence-corrected chi connectivity index (χ1v) is 12.4. The second-order valence-corrected chi connectivity index (χ2v) is 8.80. The van der Waals surface area contributed by atoms with Gasteiger partial charge in [0.2, 0.25) is 5.91 Å². The maximum atomic E-state index is 12.8. The lowest BCUT2D eigenvalue weighted by molar-refractivity contribution is -0.113. The van der Waals surface area contributed by atoms with E-state index in [4.69, 9.17) is 9.47 Å². The predicted molar refractivity (Wildman–Crippen MR) is 140 cm³/mol. The van der Waals surface area contributed by atoms with E-state index < -0.39 is 0 Å². The van der Waals surface area contributed by atoms with E-state index in [1.165, 1.54) is 11.8 Å². The first kappa shape index (κ1) is 24.3. The van der Waals surface area contributed by atoms with Gasteiger partial charge in [-0.3, -0.25) is 9.36 Å². The molecule has 4 aromatic rings. The summed E-state index contributed by atoms with van der Waals surface area (Å²) in [7, 11) is 1.63. The molecule has 0 fully saturated rings. The van der Waals surface area contributed by atoms with Crippen molar-refractivity contribution in [2.24, 2.45) is 0 Å². The number of benzene rings is 3. The number of carbonyl (C=O) groups is 1. The average molecular weight is 489 g/mol. The molecule has 0 spiro atoms. The Labute approximate surface area is 209 Å². The minimum Gasteiger partial charge on any atom is -0.496 e. The maximum Gasteiger partial charge on any atom is 0.234 e. The fraction of sp³-hybridized carbons (Fsp3) is 0.222. The molecule has 3 aromatic carbocycles. The van der Waals surface area contributed by atoms with Crippen molar-refractivity contribution in [3.8, 4) is 28.6 Å². The van der Waals surface area contributed by atoms with Gasteiger partial charge in [-0.1, -0.05) is 60.6 Å². The second kappa shape index (κ2) is 11.6. The highest BCUT2D eigenvalue weighted by Gasteiger charge is 2.20. The van der Waals surface area contributed by atoms with Crippen LogP contribution in [0, 0.1) is 6.92 Å². The van der Waals surface area contributed by atoms with Gasteiger partial charge in [0.15, 0.2) is 11.0 Å². The zero-order valence-electron chi connectivity index (χ0n) is 20.0. The third-order valence-corrected chi connectivity index (χ3v) is 6.16. The lowest BCUT2D eigenvalue weighted by Gasteiger charge is -2.13. The molecule has 180 valence electrons. The first-order chi connectivity index (χ1) is 17.1. The molecule has 1 heterocycles. The summed E-state index contributed by atoms with van der Waals surface area (Å²) in [5.74, 6) is 2.02. The van der Waals surface area contributed by atoms with Gasteiger partial charge in [-0.25, -0.2) is 0 Å². The van der Waals surface area contributed by atoms with Crippen LogP contribution in [0.1, 0.15) is 18.9 Å². The van der Waals surface area contributed by atoms with Crippen LogP contribution in [-0.2, 0) is 4.79 Å². The number of nitrogens with one attached hydrogen (secondary N) is 1. The molecular weight excluding hydrogens is 460 g/mol. The molecule has 7 nitrogen and oxygen atoms in total. The maximum absolute atomic E-state index is 12.8. The highest BCUT2D eigenvalue weighted by molar-refractivity contribution is 7.99. The Kier molecular flexibility index (Phi) is 8.05. The fourth-order valence-corrected chi connectivity index (χ4v) is 4.27. The van der Waals surface area contributed by atoms with Crippen LogP contribution in [0.5, 0.6) is 11.5 Å². The standard InChI is InChI=1S/C27H28N4O3S/c1-4-17-34-24-12-8-6-10-22(24)28-25(32)18-35-27-30-29-26(21-9-5-7-11-23(21)33-3)31(27)20-15-13-19(2)14-16-20/h5-16H,4,17-18H2,1-3H3,(H,28,32). The zero-order valence-corrected chi connectivity index (χ0v) is 20.8. The van der Waals surface area contributed by atoms with Crippen molar-refractivity contribution in [3.05, 3.63) is 78.4 Å². The van der Waals surface area contributed by atoms with E-state index in [-0.39, 0.29) is 11.7 Å². The molecule has 8 heteroatoms. The molecule has 1 amide bonds. The third-order valence-electron chi connectivity index (χ3n) is 5.23. The number of methoxy groups -OCH3 is 1. The minimum absolute atomic E-state index is 0.153. The summed E-state index contributed by atoms with van der Waals surface area (Å²) in [6.07, 6.45) is 0.890. The number of aryl methyl sites for hydroxylation is 1. The molecule has 35 heavy (non-hydrogen) atoms. The molecule has 0 bridgehead atoms. The summed E-state index contributed by atoms with van der Waals surface area (Å²) in [5.41, 5.74) is 3.53. The molecule has 0 saturated heterocycles. The fourth-order valence-electron chi connectivity index (χ4n) is 3.52. The molecular formula is C27H28N4O3S. The Balaban J connectivity index is 1.59. The number of carbonyl (C=O) groups excluding carboxylic acids is 1. The van der Waals surface area contributed by atoms with Crippen LogP contribution in [0.2, 0.25) is 0 Å². The lowest BCUT2D eigenvalue weighted by atomic mass is 10.1. The highest BCUT2D eigenvalue weighted by atomic mass is 32.2. The van der Waals surface area contributed by atoms with Crippen LogP contribution in [0.15, 0.2) is 78.0 Å². The largest absolute Gasteiger partial charge is 0.496 e. The van der Waals surface area contributed by atoms with Gasteiger partial charge >= 0.3 is 0 Å². The molecule has 1 N–H and O–H groups in total. The molecule has 0 atom stereocenters. The van der Waals surface area contributed by atoms with Crippen molar-refractivity contribution in [1.82, 2.24) is 14.8 Å². The predicted octanol–water partition coefficient (Wildman–Crippen LogP) is 5.77. The Hall–Kier alpha value is -3.78. The van der Waals surface area contributed by atoms with E-state index in [1.54, 1.807) is 7.11 Å². The molecule has 0 aliphatic carbocycles. The van der Waals surface area contributed by atoms with E-state index in [0.29, 0.717) is 34.8 Å². The van der Waals surface area contributed by atoms with Crippen molar-refractivity contribution in [3.63, 3.8) is 0 Å². The second-order valence-electron chi connectivity index (χ2n) is 7.86. The molecule has 1 aromatic heterocycles. The van der Waals surface area contributed by atoms with E-state index in [1.807, 2.05) is 91.2 Å². The van der Waals surface area contributed by atoms with Gasteiger partial charge in [-0.05, 0) is 49.7 Å². The molecule has 0 unspecified atom stereocenters. The number of ether oxygens (including phenoxy) is 2. The van der Waals surface area contributed by atoms with Crippen LogP contribution in [0.4, 0.5) is 5.69 Å². The first-order valence-electron chi connectivity index (χ1n) is 11.4. The number of hydrogen-bond acceptors (Lipinski definition) is 6. The molecule has 0 aliphatic rings. The Morgan fingerprint density at radius 1 is 0.971 bits per heavy atom. The van der Waals surface area contributed by atoms with Gasteiger partial charge in [0, 0.05) is 5.69 Å². The number of anilines is 1. The van der Waals surface area contributed by atoms with Crippen molar-refractivity contribution < 1.29 is 14.3 Å². The average Bonchev–Trinajstić information content (AvgIpc) is 3.31. The van der Waals surface area contributed by atoms with Crippen LogP contribution >= 0.6 is 11.8 Å². The summed E-state index contributed by atoms with van der Waals surface area (Å²) < 4.78 is 13.3. The normalized spacial score (nSPS) is 10.7. The number of nitrogens with zero attached hydrogens (tertiary/aromatic N) is 3. The lowest BCUT2D eigenvalue weighted by Crippen LogP contribution is -2.15. The summed E-state index contributed by atoms with van der Waals surface area (Å²) in [4.78, 5) is 12.8. The Morgan fingerprint density at radius 2 is 1.69 bits per heavy atom. The Bertz CT molecular complexity index is 1290. The Morgan fingerprint density at radius 3 is 2.43 bits per heavy atom. The number of thioether (sulfide) groups is 1. The van der Waals surface area contributed by atoms with Crippen LogP contribution in [0.3, 0.4) is 0 Å². The summed E-state index contributed by atoms with van der Waals surface area (Å²) in [6.45, 7) is 4.67. The van der Waals surface area contributed by atoms with Crippen LogP contribution < -0.4 is 14.8 Å². The number of aromatic nitrogens is 3. The van der Waals surface area contributed by atoms with E-state index in [2.05, 4.69) is 15.5 Å². The van der Waals surface area contributed by atoms with Gasteiger partial charge in [-0.2, -0.15) is 0 Å². The molecule has 4 rings (SSSR count). The van der Waals surface area contributed by atoms with Crippen LogP contribution in [0.25, 0.3) is 17.1 Å². The molecule has 0 saturated carbocycles.